The third-order valence-corrected chi connectivity index (χ3v) is 24.5. The number of carbonyl (C=O) groups excluding carboxylic acids is 9. The van der Waals surface area contributed by atoms with E-state index in [9.17, 15) is 32.7 Å². The van der Waals surface area contributed by atoms with Gasteiger partial charge in [0, 0.05) is 44.2 Å². The minimum absolute atomic E-state index is 0.0311. The van der Waals surface area contributed by atoms with E-state index >= 15 is 28.8 Å². The van der Waals surface area contributed by atoms with Gasteiger partial charge < -0.3 is 56.3 Å². The van der Waals surface area contributed by atoms with Crippen LogP contribution in [0.15, 0.2) is 152 Å². The molecule has 6 aromatic carbocycles. The molecule has 0 unspecified atom stereocenters. The highest BCUT2D eigenvalue weighted by Gasteiger charge is 2.49. The van der Waals surface area contributed by atoms with Crippen LogP contribution in [0.1, 0.15) is 147 Å². The van der Waals surface area contributed by atoms with E-state index in [0.29, 0.717) is 58.7 Å². The van der Waals surface area contributed by atoms with Crippen LogP contribution in [0.5, 0.6) is 11.5 Å². The lowest BCUT2D eigenvalue weighted by atomic mass is 9.84. The third-order valence-electron chi connectivity index (χ3n) is 22.6. The third kappa shape index (κ3) is 21.6. The molecule has 1 saturated carbocycles. The number of ether oxygens (including phenoxy) is 2. The van der Waals surface area contributed by atoms with Gasteiger partial charge >= 0.3 is 5.97 Å². The van der Waals surface area contributed by atoms with Gasteiger partial charge in [-0.3, -0.25) is 52.7 Å². The number of fused-ring (bicyclic) bond motifs is 2. The van der Waals surface area contributed by atoms with E-state index in [0.717, 1.165) is 21.5 Å². The van der Waals surface area contributed by atoms with Crippen molar-refractivity contribution in [1.82, 2.24) is 61.4 Å². The fourth-order valence-electron chi connectivity index (χ4n) is 15.2. The molecule has 27 nitrogen and oxygen atoms in total. The van der Waals surface area contributed by atoms with E-state index in [1.807, 2.05) is 112 Å². The van der Waals surface area contributed by atoms with Crippen molar-refractivity contribution in [3.63, 3.8) is 0 Å². The number of rotatable bonds is 16. The average molecular weight is 1590 g/mol. The number of amides is 7. The van der Waals surface area contributed by atoms with Crippen LogP contribution in [0.2, 0.25) is 0 Å². The van der Waals surface area contributed by atoms with E-state index in [4.69, 9.17) is 9.47 Å². The van der Waals surface area contributed by atoms with Gasteiger partial charge in [0.05, 0.1) is 47.6 Å². The molecule has 3 fully saturated rings. The van der Waals surface area contributed by atoms with Gasteiger partial charge in [0.15, 0.2) is 11.6 Å². The molecular formula is C87H108N12O15S. The number of carbonyl (C=O) groups is 10. The van der Waals surface area contributed by atoms with Gasteiger partial charge in [0.25, 0.3) is 0 Å². The maximum Gasteiger partial charge on any atom is 0.307 e. The van der Waals surface area contributed by atoms with Crippen LogP contribution in [0.25, 0.3) is 21.5 Å². The number of aromatic nitrogens is 3. The number of nitrogens with zero attached hydrogens (tertiary/aromatic N) is 5. The number of Topliss-reactive ketones (excluding diaryl/α,β-unsaturated/α-hetero) is 2. The molecule has 7 amide bonds. The Labute approximate surface area is 671 Å². The van der Waals surface area contributed by atoms with Crippen LogP contribution in [0, 0.1) is 28.6 Å². The van der Waals surface area contributed by atoms with Crippen molar-refractivity contribution in [2.45, 2.75) is 199 Å². The Morgan fingerprint density at radius 3 is 1.71 bits per heavy atom. The van der Waals surface area contributed by atoms with E-state index in [2.05, 4.69) is 46.9 Å². The Morgan fingerprint density at radius 1 is 0.609 bits per heavy atom. The van der Waals surface area contributed by atoms with Gasteiger partial charge in [-0.15, -0.1) is 5.10 Å². The number of ketones is 2. The van der Waals surface area contributed by atoms with Gasteiger partial charge in [-0.1, -0.05) is 175 Å². The standard InChI is InChI=1S/C87H108N12O15S/c1-51(60-30-29-59-20-13-15-22-62(59)43-60)75-74(101)45-64(85(109)110)39-55-24-31-67(32-25-55)113-37-17-16-18-57-42-71(97(47-57)83(107)76(86(4,5)6)92-78(102)52(2)88-10)81(105)90-70(41-56-23-28-58-19-12-14-21-61(58)40-56)73(100)44-63(80(104)95-115(111,112)69-35-36-69)38-54-26-33-68(34-27-54)114-50-65-48-99(96-94-65)66-46-72(82(106)91-75)98(49-66)84(108)77(87(7,8)9)93-79(103)53(3)89-11/h12-17,19-34,40,43,48,51-53,57,63-64,66,69-72,75-77,88-89H,18,35-39,41-42,44-47,49-50H2,1-11H3,(H,90,105)(H,91,106)(H,92,102)(H,93,103)(H,95,104)(H,109,110)/b17-16+/t51-,52+,53+,57+,63-,64-,66+,70+,71+,72+,75+,76-,77-/m1/s1. The Hall–Kier alpha value is -10.7. The molecule has 1 aromatic heterocycles. The lowest BCUT2D eigenvalue weighted by Crippen LogP contribution is -2.60. The quantitative estimate of drug-likeness (QED) is 0.0428. The summed E-state index contributed by atoms with van der Waals surface area (Å²) in [7, 11) is -0.885. The molecule has 6 aliphatic heterocycles. The second-order valence-electron chi connectivity index (χ2n) is 33.4. The van der Waals surface area contributed by atoms with Gasteiger partial charge in [0.2, 0.25) is 51.4 Å². The zero-order valence-electron chi connectivity index (χ0n) is 67.2. The molecule has 0 spiro atoms. The molecule has 8 N–H and O–H groups in total. The van der Waals surface area contributed by atoms with Crippen molar-refractivity contribution in [2.24, 2.45) is 28.6 Å². The number of hydrogen-bond acceptors (Lipinski definition) is 18. The molecule has 14 rings (SSSR count). The number of sulfonamides is 1. The Morgan fingerprint density at radius 2 is 1.14 bits per heavy atom. The highest BCUT2D eigenvalue weighted by molar-refractivity contribution is 7.90. The number of nitrogens with one attached hydrogen (secondary N) is 7. The van der Waals surface area contributed by atoms with Crippen molar-refractivity contribution >= 4 is 90.5 Å². The van der Waals surface area contributed by atoms with Crippen LogP contribution in [-0.2, 0) is 83.8 Å². The SMILES string of the molecule is CN[C@@H](C)C(=O)N[C@H](C(=O)N1C[C@H]2C/C=C/COc3ccc(cc3)C[C@@H](C(=O)O)CC(=O)[C@H]([C@H](C)c3ccc4ccccc4c3)NC(=O)[C@@H]3C[C@@H](CN3C(=O)[C@@H](NC(=O)[C@H](C)NC)C(C)(C)C)n3cc(nn3)COc3ccc(cc3)C[C@@H](C(=O)NS(=O)(=O)C3CC3)CC(=O)[C@H](Cc3ccc4ccccc4c3)NC(=O)[C@@H]1C2)C(C)(C)C. The first-order valence-corrected chi connectivity index (χ1v) is 41.2. The van der Waals surface area contributed by atoms with Crippen LogP contribution in [-0.4, -0.2) is 185 Å². The molecule has 13 atom stereocenters. The summed E-state index contributed by atoms with van der Waals surface area (Å²) in [5.41, 5.74) is 1.07. The van der Waals surface area contributed by atoms with E-state index in [-0.39, 0.29) is 64.3 Å². The largest absolute Gasteiger partial charge is 0.490 e. The first-order chi connectivity index (χ1) is 54.6. The topological polar surface area (TPSA) is 365 Å². The van der Waals surface area contributed by atoms with Crippen molar-refractivity contribution in [2.75, 3.05) is 33.8 Å². The fraction of sp³-hybridized carbons (Fsp3) is 0.471. The number of benzene rings is 6. The van der Waals surface area contributed by atoms with Gasteiger partial charge in [-0.2, -0.15) is 0 Å². The number of hydrogen-bond donors (Lipinski definition) is 8. The van der Waals surface area contributed by atoms with Crippen LogP contribution in [0.3, 0.4) is 0 Å². The van der Waals surface area contributed by atoms with Crippen molar-refractivity contribution in [1.29, 1.82) is 0 Å². The van der Waals surface area contributed by atoms with Crippen LogP contribution < -0.4 is 46.1 Å². The summed E-state index contributed by atoms with van der Waals surface area (Å²) in [6.07, 6.45) is 5.23. The smallest absolute Gasteiger partial charge is 0.307 e. The molecule has 0 radical (unpaired) electrons. The zero-order valence-corrected chi connectivity index (χ0v) is 68.0. The molecular weight excluding hydrogens is 1490 g/mol. The van der Waals surface area contributed by atoms with Crippen molar-refractivity contribution in [3.05, 3.63) is 180 Å². The normalized spacial score (nSPS) is 22.9. The van der Waals surface area contributed by atoms with E-state index in [1.165, 1.54) is 14.5 Å². The molecule has 115 heavy (non-hydrogen) atoms. The Bertz CT molecular complexity index is 4880. The summed E-state index contributed by atoms with van der Waals surface area (Å²) in [5, 5.41) is 40.4. The zero-order chi connectivity index (χ0) is 82.8. The summed E-state index contributed by atoms with van der Waals surface area (Å²) in [6.45, 7) is 15.9. The average Bonchev–Trinajstić information content (AvgIpc) is 1.56. The molecule has 1 aliphatic carbocycles. The molecule has 2 saturated heterocycles. The first-order valence-electron chi connectivity index (χ1n) is 39.6. The number of allylic oxidation sites excluding steroid dienone is 1. The van der Waals surface area contributed by atoms with Crippen LogP contribution in [0.4, 0.5) is 0 Å². The minimum Gasteiger partial charge on any atom is -0.490 e. The second-order valence-corrected chi connectivity index (χ2v) is 35.4. The molecule has 612 valence electrons. The number of carboxylic acid groups (broad SMARTS) is 1. The predicted octanol–water partition coefficient (Wildman–Crippen LogP) is 7.78. The summed E-state index contributed by atoms with van der Waals surface area (Å²) in [4.78, 5) is 150. The summed E-state index contributed by atoms with van der Waals surface area (Å²) >= 11 is 0. The number of likely N-dealkylation sites (N-methyl/N-ethyl adjacent to an activating group) is 2. The van der Waals surface area contributed by atoms with Crippen molar-refractivity contribution in [3.8, 4) is 11.5 Å². The number of carboxylic acids is 1. The summed E-state index contributed by atoms with van der Waals surface area (Å²) in [5.74, 6) is -9.41. The second kappa shape index (κ2) is 36.8. The molecule has 7 aliphatic rings. The fourth-order valence-corrected chi connectivity index (χ4v) is 16.6. The van der Waals surface area contributed by atoms with Gasteiger partial charge in [0.1, 0.15) is 54.6 Å². The number of aliphatic carboxylic acids is 1. The van der Waals surface area contributed by atoms with Gasteiger partial charge in [-0.05, 0) is 158 Å². The predicted molar refractivity (Wildman–Crippen MR) is 434 cm³/mol. The molecule has 28 heteroatoms. The van der Waals surface area contributed by atoms with Crippen LogP contribution >= 0.6 is 0 Å². The maximum atomic E-state index is 15.5. The molecule has 7 heterocycles. The lowest BCUT2D eigenvalue weighted by molar-refractivity contribution is -0.145. The monoisotopic (exact) mass is 1590 g/mol. The van der Waals surface area contributed by atoms with Gasteiger partial charge in [-0.25, -0.2) is 13.1 Å². The molecule has 7 aromatic rings. The van der Waals surface area contributed by atoms with E-state index in [1.54, 1.807) is 116 Å². The highest BCUT2D eigenvalue weighted by Crippen LogP contribution is 2.36. The Kier molecular flexibility index (Phi) is 27.3. The van der Waals surface area contributed by atoms with E-state index < -0.39 is 170 Å². The first kappa shape index (κ1) is 85.2. The molecule has 10 bridgehead atoms. The number of likely N-dealkylation sites (tertiary alicyclic amines) is 2. The highest BCUT2D eigenvalue weighted by atomic mass is 32.2. The van der Waals surface area contributed by atoms with Crippen molar-refractivity contribution < 1.29 is 70.9 Å². The Balaban J connectivity index is 0.935. The lowest BCUT2D eigenvalue weighted by Gasteiger charge is -2.36. The minimum atomic E-state index is -4.13. The maximum absolute atomic E-state index is 15.5. The summed E-state index contributed by atoms with van der Waals surface area (Å²) in [6, 6.07) is 30.8. The summed E-state index contributed by atoms with van der Waals surface area (Å²) < 4.78 is 43.3.